The molecule has 0 amide bonds. The largest absolute Gasteiger partial charge is 0.379 e. The topological polar surface area (TPSA) is 29.9 Å². The highest BCUT2D eigenvalue weighted by Gasteiger charge is 2.04. The van der Waals surface area contributed by atoms with Gasteiger partial charge in [0, 0.05) is 22.9 Å². The number of nitrogens with one attached hydrogen (secondary N) is 1. The Morgan fingerprint density at radius 1 is 1.26 bits per heavy atom. The van der Waals surface area contributed by atoms with Crippen molar-refractivity contribution >= 4 is 21.6 Å². The van der Waals surface area contributed by atoms with Crippen molar-refractivity contribution in [3.63, 3.8) is 0 Å². The van der Waals surface area contributed by atoms with Crippen LogP contribution in [0.25, 0.3) is 0 Å². The number of rotatable bonds is 6. The van der Waals surface area contributed by atoms with Gasteiger partial charge >= 0.3 is 0 Å². The van der Waals surface area contributed by atoms with Crippen LogP contribution >= 0.6 is 15.9 Å². The Labute approximate surface area is 123 Å². The van der Waals surface area contributed by atoms with Crippen molar-refractivity contribution < 1.29 is 0 Å². The highest BCUT2D eigenvalue weighted by Crippen LogP contribution is 2.22. The molecule has 102 valence electrons. The molecule has 1 aromatic heterocycles. The Morgan fingerprint density at radius 2 is 2.11 bits per heavy atom. The first-order valence-electron chi connectivity index (χ1n) is 6.77. The van der Waals surface area contributed by atoms with Gasteiger partial charge in [-0.3, -0.25) is 4.68 Å². The second kappa shape index (κ2) is 6.75. The molecule has 0 saturated heterocycles. The third-order valence-electron chi connectivity index (χ3n) is 3.15. The fraction of sp³-hybridized carbons (Fsp3) is 0.400. The molecule has 4 heteroatoms. The molecule has 19 heavy (non-hydrogen) atoms. The summed E-state index contributed by atoms with van der Waals surface area (Å²) in [5.74, 6) is 0. The predicted molar refractivity (Wildman–Crippen MR) is 83.4 cm³/mol. The second-order valence-electron chi connectivity index (χ2n) is 4.55. The van der Waals surface area contributed by atoms with Gasteiger partial charge in [-0.05, 0) is 42.7 Å². The summed E-state index contributed by atoms with van der Waals surface area (Å²) in [4.78, 5) is 0. The molecule has 0 radical (unpaired) electrons. The van der Waals surface area contributed by atoms with E-state index in [1.165, 1.54) is 16.9 Å². The normalized spacial score (nSPS) is 10.7. The maximum atomic E-state index is 4.34. The van der Waals surface area contributed by atoms with Gasteiger partial charge in [-0.2, -0.15) is 5.10 Å². The van der Waals surface area contributed by atoms with E-state index in [1.807, 2.05) is 6.20 Å². The van der Waals surface area contributed by atoms with Gasteiger partial charge in [0.2, 0.25) is 0 Å². The number of hydrogen-bond donors (Lipinski definition) is 1. The summed E-state index contributed by atoms with van der Waals surface area (Å²) in [6.45, 7) is 6.14. The van der Waals surface area contributed by atoms with E-state index in [1.54, 1.807) is 0 Å². The summed E-state index contributed by atoms with van der Waals surface area (Å²) in [6, 6.07) is 8.45. The molecule has 0 spiro atoms. The van der Waals surface area contributed by atoms with Crippen molar-refractivity contribution in [1.29, 1.82) is 0 Å². The highest BCUT2D eigenvalue weighted by molar-refractivity contribution is 9.10. The van der Waals surface area contributed by atoms with Gasteiger partial charge in [0.1, 0.15) is 0 Å². The monoisotopic (exact) mass is 321 g/mol. The molecular formula is C15H20BrN3. The van der Waals surface area contributed by atoms with Crippen LogP contribution in [-0.2, 0) is 19.5 Å². The predicted octanol–water partition coefficient (Wildman–Crippen LogP) is 4.23. The Kier molecular flexibility index (Phi) is 5.02. The summed E-state index contributed by atoms with van der Waals surface area (Å²) in [5, 5.41) is 7.86. The molecule has 0 unspecified atom stereocenters. The van der Waals surface area contributed by atoms with E-state index in [0.717, 1.165) is 30.4 Å². The van der Waals surface area contributed by atoms with Crippen molar-refractivity contribution in [2.45, 2.75) is 39.8 Å². The van der Waals surface area contributed by atoms with E-state index in [2.05, 4.69) is 69.1 Å². The maximum absolute atomic E-state index is 4.34. The minimum absolute atomic E-state index is 0.814. The first-order chi connectivity index (χ1) is 9.24. The van der Waals surface area contributed by atoms with Crippen molar-refractivity contribution in [3.05, 3.63) is 46.2 Å². The molecule has 1 N–H and O–H groups in total. The van der Waals surface area contributed by atoms with Gasteiger partial charge in [-0.15, -0.1) is 0 Å². The minimum atomic E-state index is 0.814. The number of halogens is 1. The molecule has 0 aliphatic carbocycles. The molecule has 0 aliphatic rings. The Bertz CT molecular complexity index is 534. The van der Waals surface area contributed by atoms with E-state index in [-0.39, 0.29) is 0 Å². The summed E-state index contributed by atoms with van der Waals surface area (Å²) < 4.78 is 3.20. The van der Waals surface area contributed by atoms with Crippen LogP contribution in [0.5, 0.6) is 0 Å². The number of nitrogens with zero attached hydrogens (tertiary/aromatic N) is 2. The summed E-state index contributed by atoms with van der Waals surface area (Å²) in [6.07, 6.45) is 4.00. The molecule has 0 atom stereocenters. The molecular weight excluding hydrogens is 302 g/mol. The highest BCUT2D eigenvalue weighted by atomic mass is 79.9. The average molecular weight is 322 g/mol. The van der Waals surface area contributed by atoms with E-state index in [4.69, 9.17) is 0 Å². The lowest BCUT2D eigenvalue weighted by molar-refractivity contribution is 0.578. The number of anilines is 1. The summed E-state index contributed by atoms with van der Waals surface area (Å²) in [5.41, 5.74) is 3.76. The van der Waals surface area contributed by atoms with Crippen LogP contribution < -0.4 is 5.32 Å². The SMILES string of the molecule is CCCn1nccc1CNc1ccc(Br)cc1CC. The lowest BCUT2D eigenvalue weighted by Gasteiger charge is -2.12. The third-order valence-corrected chi connectivity index (χ3v) is 3.64. The van der Waals surface area contributed by atoms with Gasteiger partial charge in [0.05, 0.1) is 12.2 Å². The van der Waals surface area contributed by atoms with Crippen LogP contribution in [0.15, 0.2) is 34.9 Å². The van der Waals surface area contributed by atoms with Gasteiger partial charge in [-0.25, -0.2) is 0 Å². The van der Waals surface area contributed by atoms with E-state index in [0.29, 0.717) is 0 Å². The summed E-state index contributed by atoms with van der Waals surface area (Å²) in [7, 11) is 0. The zero-order valence-electron chi connectivity index (χ0n) is 11.5. The molecule has 3 nitrogen and oxygen atoms in total. The van der Waals surface area contributed by atoms with E-state index in [9.17, 15) is 0 Å². The smallest absolute Gasteiger partial charge is 0.0575 e. The lowest BCUT2D eigenvalue weighted by atomic mass is 10.1. The van der Waals surface area contributed by atoms with Crippen LogP contribution in [0.1, 0.15) is 31.5 Å². The number of aromatic nitrogens is 2. The molecule has 1 heterocycles. The zero-order chi connectivity index (χ0) is 13.7. The lowest BCUT2D eigenvalue weighted by Crippen LogP contribution is -2.09. The van der Waals surface area contributed by atoms with Crippen molar-refractivity contribution in [1.82, 2.24) is 9.78 Å². The fourth-order valence-electron chi connectivity index (χ4n) is 2.14. The standard InChI is InChI=1S/C15H20BrN3/c1-3-9-19-14(7-8-18-19)11-17-15-6-5-13(16)10-12(15)4-2/h5-8,10,17H,3-4,9,11H2,1-2H3. The Hall–Kier alpha value is -1.29. The molecule has 0 aliphatic heterocycles. The molecule has 1 aromatic carbocycles. The van der Waals surface area contributed by atoms with Crippen LogP contribution in [0, 0.1) is 0 Å². The van der Waals surface area contributed by atoms with Crippen LogP contribution in [0.3, 0.4) is 0 Å². The number of aryl methyl sites for hydroxylation is 2. The van der Waals surface area contributed by atoms with Crippen LogP contribution in [0.2, 0.25) is 0 Å². The first-order valence-corrected chi connectivity index (χ1v) is 7.56. The van der Waals surface area contributed by atoms with E-state index >= 15 is 0 Å². The third kappa shape index (κ3) is 3.60. The van der Waals surface area contributed by atoms with Gasteiger partial charge < -0.3 is 5.32 Å². The van der Waals surface area contributed by atoms with Crippen LogP contribution in [0.4, 0.5) is 5.69 Å². The molecule has 2 rings (SSSR count). The molecule has 2 aromatic rings. The van der Waals surface area contributed by atoms with Gasteiger partial charge in [0.15, 0.2) is 0 Å². The molecule has 0 bridgehead atoms. The van der Waals surface area contributed by atoms with Crippen molar-refractivity contribution in [3.8, 4) is 0 Å². The van der Waals surface area contributed by atoms with Gasteiger partial charge in [-0.1, -0.05) is 29.8 Å². The molecule has 0 saturated carbocycles. The Balaban J connectivity index is 2.07. The summed E-state index contributed by atoms with van der Waals surface area (Å²) >= 11 is 3.52. The first kappa shape index (κ1) is 14.1. The fourth-order valence-corrected chi connectivity index (χ4v) is 2.54. The quantitative estimate of drug-likeness (QED) is 0.862. The minimum Gasteiger partial charge on any atom is -0.379 e. The molecule has 0 fully saturated rings. The van der Waals surface area contributed by atoms with Gasteiger partial charge in [0.25, 0.3) is 0 Å². The number of benzene rings is 1. The van der Waals surface area contributed by atoms with Crippen molar-refractivity contribution in [2.75, 3.05) is 5.32 Å². The average Bonchev–Trinajstić information content (AvgIpc) is 2.85. The zero-order valence-corrected chi connectivity index (χ0v) is 13.1. The second-order valence-corrected chi connectivity index (χ2v) is 5.47. The number of hydrogen-bond acceptors (Lipinski definition) is 2. The van der Waals surface area contributed by atoms with Crippen LogP contribution in [-0.4, -0.2) is 9.78 Å². The van der Waals surface area contributed by atoms with E-state index < -0.39 is 0 Å². The van der Waals surface area contributed by atoms with Crippen molar-refractivity contribution in [2.24, 2.45) is 0 Å². The maximum Gasteiger partial charge on any atom is 0.0575 e. The Morgan fingerprint density at radius 3 is 2.84 bits per heavy atom.